The number of hydrogen-bond acceptors (Lipinski definition) is 8. The first-order chi connectivity index (χ1) is 19.8. The van der Waals surface area contributed by atoms with E-state index in [9.17, 15) is 9.90 Å². The molecule has 4 rings (SSSR count). The molecule has 2 aromatic rings. The highest BCUT2D eigenvalue weighted by molar-refractivity contribution is 5.75. The second-order valence-electron chi connectivity index (χ2n) is 12.2. The number of nitrogens with zero attached hydrogens (tertiary/aromatic N) is 3. The molecule has 8 nitrogen and oxygen atoms in total. The van der Waals surface area contributed by atoms with Crippen LogP contribution in [0.15, 0.2) is 18.2 Å². The van der Waals surface area contributed by atoms with Crippen molar-refractivity contribution in [2.24, 2.45) is 11.8 Å². The lowest BCUT2D eigenvalue weighted by Gasteiger charge is -2.24. The number of aromatic nitrogens is 2. The van der Waals surface area contributed by atoms with Gasteiger partial charge in [-0.05, 0) is 81.0 Å². The molecule has 41 heavy (non-hydrogen) atoms. The number of rotatable bonds is 11. The monoisotopic (exact) mass is 567 g/mol. The third-order valence-corrected chi connectivity index (χ3v) is 8.51. The fraction of sp³-hybridized carbons (Fsp3) is 0.667. The Kier molecular flexibility index (Phi) is 11.7. The Labute approximate surface area is 245 Å². The van der Waals surface area contributed by atoms with Crippen LogP contribution in [-0.2, 0) is 27.3 Å². The molecule has 0 bridgehead atoms. The first-order valence-electron chi connectivity index (χ1n) is 15.6. The summed E-state index contributed by atoms with van der Waals surface area (Å²) in [5, 5.41) is 20.1. The minimum absolute atomic E-state index is 0.0292. The quantitative estimate of drug-likeness (QED) is 0.179. The number of carbonyl (C=O) groups excluding carboxylic acids is 1. The summed E-state index contributed by atoms with van der Waals surface area (Å²) in [6.45, 7) is 5.79. The topological polar surface area (TPSA) is 94.0 Å². The van der Waals surface area contributed by atoms with Crippen LogP contribution in [-0.4, -0.2) is 54.7 Å². The lowest BCUT2D eigenvalue weighted by molar-refractivity contribution is -0.147. The van der Waals surface area contributed by atoms with Crippen molar-refractivity contribution in [3.05, 3.63) is 29.3 Å². The number of carbonyl (C=O) groups is 1. The van der Waals surface area contributed by atoms with Crippen molar-refractivity contribution in [3.8, 4) is 22.8 Å². The van der Waals surface area contributed by atoms with Crippen LogP contribution in [0.25, 0.3) is 11.3 Å². The van der Waals surface area contributed by atoms with E-state index in [1.807, 2.05) is 19.9 Å². The Morgan fingerprint density at radius 3 is 2.61 bits per heavy atom. The number of methoxy groups -OCH3 is 1. The molecule has 0 spiro atoms. The Morgan fingerprint density at radius 1 is 1.07 bits per heavy atom. The van der Waals surface area contributed by atoms with Crippen LogP contribution in [0.3, 0.4) is 0 Å². The van der Waals surface area contributed by atoms with Gasteiger partial charge in [0.25, 0.3) is 0 Å². The zero-order valence-corrected chi connectivity index (χ0v) is 25.5. The highest BCUT2D eigenvalue weighted by Crippen LogP contribution is 2.39. The number of unbranched alkanes of at least 4 members (excludes halogenated alkanes) is 1. The molecule has 8 heteroatoms. The van der Waals surface area contributed by atoms with Gasteiger partial charge in [-0.25, -0.2) is 0 Å². The summed E-state index contributed by atoms with van der Waals surface area (Å²) in [5.41, 5.74) is 3.36. The van der Waals surface area contributed by atoms with Crippen molar-refractivity contribution in [3.63, 3.8) is 0 Å². The number of anilines is 1. The van der Waals surface area contributed by atoms with Crippen molar-refractivity contribution in [1.82, 2.24) is 10.2 Å². The first-order valence-corrected chi connectivity index (χ1v) is 15.6. The number of benzene rings is 1. The van der Waals surface area contributed by atoms with Crippen molar-refractivity contribution >= 4 is 11.8 Å². The smallest absolute Gasteiger partial charge is 0.306 e. The van der Waals surface area contributed by atoms with Gasteiger partial charge in [-0.1, -0.05) is 38.5 Å². The standard InChI is InChI=1S/C33H49N3O5/c1-23(2)41-31(38)14-8-7-11-24-10-5-6-12-25(18-24)15-16-36(3)30-20-26-13-9-17-40-22-27-19-28(39-4)21-29(37)32(27)33(26)35-34-30/h19-21,23-25,37H,5-18,22H2,1-4H3/t24?,25-/m0/s1. The Hall–Kier alpha value is -2.87. The Morgan fingerprint density at radius 2 is 1.85 bits per heavy atom. The molecule has 0 saturated heterocycles. The molecule has 226 valence electrons. The van der Waals surface area contributed by atoms with E-state index in [1.54, 1.807) is 13.2 Å². The Bertz CT molecular complexity index is 1140. The zero-order chi connectivity index (χ0) is 29.2. The molecule has 1 aliphatic heterocycles. The predicted molar refractivity (Wildman–Crippen MR) is 161 cm³/mol. The van der Waals surface area contributed by atoms with Gasteiger partial charge in [-0.2, -0.15) is 0 Å². The van der Waals surface area contributed by atoms with Gasteiger partial charge in [0.15, 0.2) is 5.82 Å². The Balaban J connectivity index is 1.35. The minimum Gasteiger partial charge on any atom is -0.507 e. The maximum absolute atomic E-state index is 11.8. The van der Waals surface area contributed by atoms with E-state index in [0.717, 1.165) is 67.2 Å². The van der Waals surface area contributed by atoms with E-state index in [-0.39, 0.29) is 17.8 Å². The summed E-state index contributed by atoms with van der Waals surface area (Å²) in [4.78, 5) is 14.1. The van der Waals surface area contributed by atoms with Crippen molar-refractivity contribution in [1.29, 1.82) is 0 Å². The van der Waals surface area contributed by atoms with Crippen molar-refractivity contribution < 1.29 is 24.1 Å². The van der Waals surface area contributed by atoms with Crippen LogP contribution in [0, 0.1) is 11.8 Å². The van der Waals surface area contributed by atoms with Gasteiger partial charge in [0.05, 0.1) is 19.8 Å². The number of phenolic OH excluding ortho intramolecular Hbond substituents is 1. The average Bonchev–Trinajstić information content (AvgIpc) is 3.13. The van der Waals surface area contributed by atoms with Crippen LogP contribution < -0.4 is 9.64 Å². The summed E-state index contributed by atoms with van der Waals surface area (Å²) in [6, 6.07) is 5.68. The van der Waals surface area contributed by atoms with Crippen molar-refractivity contribution in [2.45, 2.75) is 104 Å². The number of esters is 1. The number of hydrogen-bond donors (Lipinski definition) is 1. The van der Waals surface area contributed by atoms with Crippen LogP contribution >= 0.6 is 0 Å². The van der Waals surface area contributed by atoms with Gasteiger partial charge >= 0.3 is 5.97 Å². The first kappa shape index (κ1) is 31.1. The molecule has 0 amide bonds. The van der Waals surface area contributed by atoms with Crippen LogP contribution in [0.4, 0.5) is 5.82 Å². The van der Waals surface area contributed by atoms with E-state index in [4.69, 9.17) is 14.2 Å². The summed E-state index contributed by atoms with van der Waals surface area (Å²) < 4.78 is 16.5. The molecule has 1 aromatic heterocycles. The number of ether oxygens (including phenoxy) is 3. The van der Waals surface area contributed by atoms with Gasteiger partial charge in [-0.3, -0.25) is 4.79 Å². The maximum Gasteiger partial charge on any atom is 0.306 e. The molecule has 1 saturated carbocycles. The highest BCUT2D eigenvalue weighted by atomic mass is 16.5. The molecule has 1 aliphatic carbocycles. The van der Waals surface area contributed by atoms with Gasteiger partial charge in [0.1, 0.15) is 17.2 Å². The van der Waals surface area contributed by atoms with Crippen LogP contribution in [0.2, 0.25) is 0 Å². The van der Waals surface area contributed by atoms with Gasteiger partial charge in [0, 0.05) is 38.2 Å². The molecular formula is C33H49N3O5. The van der Waals surface area contributed by atoms with Gasteiger partial charge < -0.3 is 24.2 Å². The molecule has 2 heterocycles. The molecule has 1 N–H and O–H groups in total. The number of aromatic hydroxyl groups is 1. The van der Waals surface area contributed by atoms with Crippen LogP contribution in [0.5, 0.6) is 11.5 Å². The molecular weight excluding hydrogens is 518 g/mol. The van der Waals surface area contributed by atoms with Gasteiger partial charge in [0.2, 0.25) is 0 Å². The third kappa shape index (κ3) is 9.06. The minimum atomic E-state index is -0.0663. The lowest BCUT2D eigenvalue weighted by Crippen LogP contribution is -2.23. The fourth-order valence-corrected chi connectivity index (χ4v) is 6.33. The van der Waals surface area contributed by atoms with E-state index in [2.05, 4.69) is 28.2 Å². The summed E-state index contributed by atoms with van der Waals surface area (Å²) in [7, 11) is 3.70. The molecule has 2 atom stereocenters. The molecule has 1 fully saturated rings. The summed E-state index contributed by atoms with van der Waals surface area (Å²) >= 11 is 0. The van der Waals surface area contributed by atoms with E-state index in [1.165, 1.54) is 38.5 Å². The largest absolute Gasteiger partial charge is 0.507 e. The highest BCUT2D eigenvalue weighted by Gasteiger charge is 2.23. The van der Waals surface area contributed by atoms with Crippen molar-refractivity contribution in [2.75, 3.05) is 32.2 Å². The second-order valence-corrected chi connectivity index (χ2v) is 12.2. The van der Waals surface area contributed by atoms with E-state index < -0.39 is 0 Å². The normalized spacial score (nSPS) is 19.2. The van der Waals surface area contributed by atoms with E-state index in [0.29, 0.717) is 36.9 Å². The second kappa shape index (κ2) is 15.4. The maximum atomic E-state index is 11.8. The van der Waals surface area contributed by atoms with Gasteiger partial charge in [-0.15, -0.1) is 10.2 Å². The lowest BCUT2D eigenvalue weighted by atomic mass is 9.87. The molecule has 1 unspecified atom stereocenters. The zero-order valence-electron chi connectivity index (χ0n) is 25.5. The fourth-order valence-electron chi connectivity index (χ4n) is 6.33. The van der Waals surface area contributed by atoms with Crippen LogP contribution in [0.1, 0.15) is 95.6 Å². The molecule has 1 aromatic carbocycles. The SMILES string of the molecule is COc1cc(O)c2c(c1)COCCCc1cc(N(C)CC[C@@H]3CCCCC(CCCCC(=O)OC(C)C)C3)nnc1-2. The number of fused-ring (bicyclic) bond motifs is 3. The molecule has 2 aliphatic rings. The number of aryl methyl sites for hydroxylation is 1. The third-order valence-electron chi connectivity index (χ3n) is 8.51. The summed E-state index contributed by atoms with van der Waals surface area (Å²) in [5.74, 6) is 3.01. The molecule has 0 radical (unpaired) electrons. The van der Waals surface area contributed by atoms with E-state index >= 15 is 0 Å². The summed E-state index contributed by atoms with van der Waals surface area (Å²) in [6.07, 6.45) is 13.1. The average molecular weight is 568 g/mol. The predicted octanol–water partition coefficient (Wildman–Crippen LogP) is 6.86. The number of phenols is 1.